The maximum absolute atomic E-state index is 4.53. The van der Waals surface area contributed by atoms with Gasteiger partial charge in [0.05, 0.1) is 0 Å². The number of rotatable bonds is 4. The van der Waals surface area contributed by atoms with E-state index in [1.165, 1.54) is 32.3 Å². The summed E-state index contributed by atoms with van der Waals surface area (Å²) in [5.41, 5.74) is 2.60. The van der Waals surface area contributed by atoms with Crippen molar-refractivity contribution in [3.63, 3.8) is 0 Å². The van der Waals surface area contributed by atoms with Gasteiger partial charge in [0.2, 0.25) is 0 Å². The molecule has 4 rings (SSSR count). The van der Waals surface area contributed by atoms with Crippen molar-refractivity contribution in [3.8, 4) is 0 Å². The van der Waals surface area contributed by atoms with Gasteiger partial charge >= 0.3 is 176 Å². The van der Waals surface area contributed by atoms with Crippen molar-refractivity contribution in [2.24, 2.45) is 0 Å². The van der Waals surface area contributed by atoms with Crippen molar-refractivity contribution in [2.75, 3.05) is 0 Å². The Morgan fingerprint density at radius 3 is 1.29 bits per heavy atom. The van der Waals surface area contributed by atoms with Gasteiger partial charge in [-0.1, -0.05) is 0 Å². The molecule has 0 bridgehead atoms. The first-order valence-electron chi connectivity index (χ1n) is 9.53. The topological polar surface area (TPSA) is 0 Å². The zero-order chi connectivity index (χ0) is 19.6. The van der Waals surface area contributed by atoms with Crippen LogP contribution in [0.4, 0.5) is 0 Å². The van der Waals surface area contributed by atoms with Crippen molar-refractivity contribution in [1.82, 2.24) is 0 Å². The van der Waals surface area contributed by atoms with Gasteiger partial charge in [0.15, 0.2) is 0 Å². The van der Waals surface area contributed by atoms with Crippen LogP contribution in [-0.4, -0.2) is 0 Å². The maximum atomic E-state index is 4.53. The van der Waals surface area contributed by atoms with Crippen LogP contribution in [0, 0.1) is 13.8 Å². The minimum atomic E-state index is -3.08. The molecule has 0 aromatic heterocycles. The second kappa shape index (κ2) is 7.32. The van der Waals surface area contributed by atoms with E-state index in [9.17, 15) is 0 Å². The van der Waals surface area contributed by atoms with Gasteiger partial charge in [0.1, 0.15) is 0 Å². The van der Waals surface area contributed by atoms with Gasteiger partial charge < -0.3 is 0 Å². The summed E-state index contributed by atoms with van der Waals surface area (Å²) in [7, 11) is 0. The van der Waals surface area contributed by atoms with Crippen LogP contribution in [-0.2, 0) is 0 Å². The van der Waals surface area contributed by atoms with Crippen LogP contribution >= 0.6 is 20.8 Å². The van der Waals surface area contributed by atoms with Gasteiger partial charge in [-0.15, -0.1) is 0 Å². The van der Waals surface area contributed by atoms with Gasteiger partial charge in [-0.3, -0.25) is 0 Å². The van der Waals surface area contributed by atoms with E-state index in [1.54, 1.807) is 0 Å². The van der Waals surface area contributed by atoms with Crippen LogP contribution in [0.15, 0.2) is 109 Å². The average molecular weight is 447 g/mol. The summed E-state index contributed by atoms with van der Waals surface area (Å²) in [5.74, 6) is 0. The van der Waals surface area contributed by atoms with E-state index in [-0.39, 0.29) is 0 Å². The second-order valence-corrected chi connectivity index (χ2v) is 15.6. The van der Waals surface area contributed by atoms with Crippen LogP contribution in [0.5, 0.6) is 0 Å². The van der Waals surface area contributed by atoms with E-state index in [1.807, 2.05) is 0 Å². The fraction of sp³-hybridized carbons (Fsp3) is 0.0769. The van der Waals surface area contributed by atoms with Gasteiger partial charge in [0.25, 0.3) is 0 Å². The Balaban J connectivity index is 2.26. The van der Waals surface area contributed by atoms with Gasteiger partial charge in [0, 0.05) is 0 Å². The van der Waals surface area contributed by atoms with E-state index in [0.29, 0.717) is 0 Å². The summed E-state index contributed by atoms with van der Waals surface area (Å²) >= 11 is 4.53. The summed E-state index contributed by atoms with van der Waals surface area (Å²) in [6.07, 6.45) is 0. The average Bonchev–Trinajstić information content (AvgIpc) is 2.75. The number of benzene rings is 4. The fourth-order valence-corrected chi connectivity index (χ4v) is 12.6. The third-order valence-electron chi connectivity index (χ3n) is 5.53. The molecule has 0 spiro atoms. The monoisotopic (exact) mass is 446 g/mol. The number of hydrogen-bond acceptors (Lipinski definition) is 0. The molecule has 28 heavy (non-hydrogen) atoms. The van der Waals surface area contributed by atoms with E-state index in [4.69, 9.17) is 0 Å². The Labute approximate surface area is 175 Å². The first kappa shape index (κ1) is 19.1. The van der Waals surface area contributed by atoms with Crippen molar-refractivity contribution >= 4 is 42.0 Å². The van der Waals surface area contributed by atoms with E-state index in [2.05, 4.69) is 139 Å². The molecule has 0 aliphatic rings. The molecular weight excluding hydrogens is 423 g/mol. The van der Waals surface area contributed by atoms with Crippen molar-refractivity contribution in [1.29, 1.82) is 0 Å². The summed E-state index contributed by atoms with van der Waals surface area (Å²) in [4.78, 5) is 0. The normalized spacial score (nSPS) is 12.9. The van der Waals surface area contributed by atoms with Gasteiger partial charge in [-0.05, 0) is 0 Å². The Morgan fingerprint density at radius 2 is 0.929 bits per heavy atom. The standard InChI is InChI=1S/C26H24BrP/c1-21-18-19-26(22(2)20-21)28(27,23-12-6-3-7-13-23,24-14-8-4-9-15-24)25-16-10-5-11-17-25/h3-20H,1-2H3. The van der Waals surface area contributed by atoms with Crippen molar-refractivity contribution < 1.29 is 0 Å². The zero-order valence-corrected chi connectivity index (χ0v) is 18.7. The Kier molecular flexibility index (Phi) is 5.00. The minimum absolute atomic E-state index is 1.29. The van der Waals surface area contributed by atoms with E-state index >= 15 is 0 Å². The zero-order valence-electron chi connectivity index (χ0n) is 16.2. The molecule has 0 nitrogen and oxygen atoms in total. The van der Waals surface area contributed by atoms with Crippen LogP contribution in [0.25, 0.3) is 0 Å². The molecule has 0 saturated carbocycles. The molecule has 0 amide bonds. The Morgan fingerprint density at radius 1 is 0.536 bits per heavy atom. The Bertz CT molecular complexity index is 990. The van der Waals surface area contributed by atoms with Gasteiger partial charge in [-0.25, -0.2) is 0 Å². The molecule has 140 valence electrons. The summed E-state index contributed by atoms with van der Waals surface area (Å²) < 4.78 is 0. The number of halogens is 1. The van der Waals surface area contributed by atoms with E-state index < -0.39 is 5.31 Å². The fourth-order valence-electron chi connectivity index (χ4n) is 4.26. The SMILES string of the molecule is Cc1ccc(P(Br)(c2ccccc2)(c2ccccc2)c2ccccc2)c(C)c1. The van der Waals surface area contributed by atoms with Crippen LogP contribution in [0.2, 0.25) is 0 Å². The molecule has 0 aliphatic heterocycles. The molecule has 0 radical (unpaired) electrons. The number of aryl methyl sites for hydroxylation is 2. The van der Waals surface area contributed by atoms with Crippen molar-refractivity contribution in [2.45, 2.75) is 13.8 Å². The first-order chi connectivity index (χ1) is 13.6. The molecule has 0 aliphatic carbocycles. The number of hydrogen-bond donors (Lipinski definition) is 0. The predicted octanol–water partition coefficient (Wildman–Crippen LogP) is 5.77. The molecule has 0 saturated heterocycles. The molecule has 0 heterocycles. The molecule has 2 heteroatoms. The molecular formula is C26H24BrP. The van der Waals surface area contributed by atoms with Crippen molar-refractivity contribution in [3.05, 3.63) is 120 Å². The van der Waals surface area contributed by atoms with Crippen LogP contribution in [0.1, 0.15) is 11.1 Å². The molecule has 4 aromatic carbocycles. The third-order valence-corrected chi connectivity index (χ3v) is 15.6. The quantitative estimate of drug-likeness (QED) is 0.349. The summed E-state index contributed by atoms with van der Waals surface area (Å²) in [6, 6.07) is 39.6. The molecule has 0 N–H and O–H groups in total. The predicted molar refractivity (Wildman–Crippen MR) is 130 cm³/mol. The summed E-state index contributed by atoms with van der Waals surface area (Å²) in [6.45, 7) is 4.40. The molecule has 0 fully saturated rings. The van der Waals surface area contributed by atoms with Crippen LogP contribution < -0.4 is 21.2 Å². The Hall–Kier alpha value is -2.21. The van der Waals surface area contributed by atoms with Crippen LogP contribution in [0.3, 0.4) is 0 Å². The third kappa shape index (κ3) is 2.77. The molecule has 0 atom stereocenters. The molecule has 4 aromatic rings. The van der Waals surface area contributed by atoms with E-state index in [0.717, 1.165) is 0 Å². The summed E-state index contributed by atoms with van der Waals surface area (Å²) in [5, 5.41) is 2.24. The first-order valence-corrected chi connectivity index (χ1v) is 13.8. The molecule has 0 unspecified atom stereocenters. The van der Waals surface area contributed by atoms with Gasteiger partial charge in [-0.2, -0.15) is 0 Å². The second-order valence-electron chi connectivity index (χ2n) is 7.31.